The molecule has 4 rings (SSSR count). The molecule has 0 saturated carbocycles. The predicted molar refractivity (Wildman–Crippen MR) is 129 cm³/mol. The van der Waals surface area contributed by atoms with Crippen LogP contribution in [0.4, 0.5) is 17.3 Å². The summed E-state index contributed by atoms with van der Waals surface area (Å²) >= 11 is 0. The van der Waals surface area contributed by atoms with Crippen LogP contribution >= 0.6 is 0 Å². The van der Waals surface area contributed by atoms with Crippen molar-refractivity contribution in [2.45, 2.75) is 26.5 Å². The smallest absolute Gasteiger partial charge is 0.218 e. The lowest BCUT2D eigenvalue weighted by molar-refractivity contribution is 0.383. The Morgan fingerprint density at radius 1 is 0.844 bits per heavy atom. The van der Waals surface area contributed by atoms with E-state index >= 15 is 0 Å². The molecule has 1 aliphatic rings. The van der Waals surface area contributed by atoms with Gasteiger partial charge in [0.1, 0.15) is 17.5 Å². The van der Waals surface area contributed by atoms with E-state index < -0.39 is 10.0 Å². The molecule has 0 spiro atoms. The van der Waals surface area contributed by atoms with E-state index in [9.17, 15) is 8.42 Å². The van der Waals surface area contributed by atoms with Crippen LogP contribution in [0.5, 0.6) is 0 Å². The summed E-state index contributed by atoms with van der Waals surface area (Å²) in [6.07, 6.45) is 0. The second-order valence-corrected chi connectivity index (χ2v) is 10.2. The quantitative estimate of drug-likeness (QED) is 0.614. The van der Waals surface area contributed by atoms with Crippen LogP contribution in [0.2, 0.25) is 0 Å². The molecule has 1 N–H and O–H groups in total. The van der Waals surface area contributed by atoms with E-state index in [-0.39, 0.29) is 5.75 Å². The van der Waals surface area contributed by atoms with E-state index in [1.54, 1.807) is 4.31 Å². The highest BCUT2D eigenvalue weighted by Crippen LogP contribution is 2.22. The maximum atomic E-state index is 12.9. The van der Waals surface area contributed by atoms with Gasteiger partial charge in [-0.3, -0.25) is 0 Å². The van der Waals surface area contributed by atoms with Crippen molar-refractivity contribution in [3.63, 3.8) is 0 Å². The molecule has 2 heterocycles. The number of aromatic nitrogens is 2. The van der Waals surface area contributed by atoms with Crippen molar-refractivity contribution in [2.24, 2.45) is 0 Å². The molecule has 1 saturated heterocycles. The maximum absolute atomic E-state index is 12.9. The molecule has 168 valence electrons. The topological polar surface area (TPSA) is 78.4 Å². The molecular weight excluding hydrogens is 422 g/mol. The Balaban J connectivity index is 1.41. The van der Waals surface area contributed by atoms with Crippen LogP contribution in [0.1, 0.15) is 22.5 Å². The Kier molecular flexibility index (Phi) is 6.43. The Labute approximate surface area is 190 Å². The van der Waals surface area contributed by atoms with Gasteiger partial charge in [0, 0.05) is 37.9 Å². The molecule has 0 aliphatic carbocycles. The number of hydrogen-bond donors (Lipinski definition) is 1. The SMILES string of the molecule is Cc1ccc(CS(=O)(=O)N2CCN(c3cc(Nc4ccc(C)cc4)nc(C)n3)CC2)cc1. The number of nitrogens with one attached hydrogen (secondary N) is 1. The molecule has 7 nitrogen and oxygen atoms in total. The predicted octanol–water partition coefficient (Wildman–Crippen LogP) is 3.80. The van der Waals surface area contributed by atoms with Crippen molar-refractivity contribution in [1.29, 1.82) is 0 Å². The van der Waals surface area contributed by atoms with Crippen LogP contribution in [-0.4, -0.2) is 48.9 Å². The Hall–Kier alpha value is -2.97. The number of nitrogens with zero attached hydrogens (tertiary/aromatic N) is 4. The van der Waals surface area contributed by atoms with Crippen LogP contribution < -0.4 is 10.2 Å². The van der Waals surface area contributed by atoms with Crippen LogP contribution in [-0.2, 0) is 15.8 Å². The molecule has 1 aliphatic heterocycles. The van der Waals surface area contributed by atoms with Gasteiger partial charge in [0.25, 0.3) is 0 Å². The largest absolute Gasteiger partial charge is 0.354 e. The third kappa shape index (κ3) is 5.44. The van der Waals surface area contributed by atoms with Crippen LogP contribution in [0.3, 0.4) is 0 Å². The molecule has 0 radical (unpaired) electrons. The van der Waals surface area contributed by atoms with Crippen LogP contribution in [0, 0.1) is 20.8 Å². The lowest BCUT2D eigenvalue weighted by Crippen LogP contribution is -2.49. The summed E-state index contributed by atoms with van der Waals surface area (Å²) in [5.41, 5.74) is 4.10. The number of hydrogen-bond acceptors (Lipinski definition) is 6. The van der Waals surface area contributed by atoms with E-state index in [0.717, 1.165) is 28.5 Å². The number of rotatable bonds is 6. The molecule has 1 aromatic heterocycles. The minimum Gasteiger partial charge on any atom is -0.354 e. The van der Waals surface area contributed by atoms with Crippen molar-refractivity contribution in [2.75, 3.05) is 36.4 Å². The highest BCUT2D eigenvalue weighted by molar-refractivity contribution is 7.88. The first-order valence-corrected chi connectivity index (χ1v) is 12.4. The van der Waals surface area contributed by atoms with Gasteiger partial charge < -0.3 is 10.2 Å². The average molecular weight is 452 g/mol. The van der Waals surface area contributed by atoms with Crippen molar-refractivity contribution in [3.8, 4) is 0 Å². The first-order chi connectivity index (χ1) is 15.3. The summed E-state index contributed by atoms with van der Waals surface area (Å²) in [5, 5.41) is 3.33. The molecule has 2 aromatic carbocycles. The summed E-state index contributed by atoms with van der Waals surface area (Å²) in [6, 6.07) is 17.7. The number of piperazine rings is 1. The van der Waals surface area contributed by atoms with Crippen LogP contribution in [0.25, 0.3) is 0 Å². The van der Waals surface area contributed by atoms with E-state index in [1.165, 1.54) is 5.56 Å². The van der Waals surface area contributed by atoms with Gasteiger partial charge in [-0.2, -0.15) is 4.31 Å². The molecule has 32 heavy (non-hydrogen) atoms. The average Bonchev–Trinajstić information content (AvgIpc) is 2.76. The van der Waals surface area contributed by atoms with Crippen molar-refractivity contribution >= 4 is 27.3 Å². The Morgan fingerprint density at radius 2 is 1.44 bits per heavy atom. The molecule has 3 aromatic rings. The number of anilines is 3. The van der Waals surface area contributed by atoms with Gasteiger partial charge in [-0.25, -0.2) is 18.4 Å². The zero-order chi connectivity index (χ0) is 22.7. The molecule has 0 unspecified atom stereocenters. The van der Waals surface area contributed by atoms with Gasteiger partial charge in [-0.05, 0) is 38.5 Å². The molecular formula is C24H29N5O2S. The fourth-order valence-corrected chi connectivity index (χ4v) is 5.26. The lowest BCUT2D eigenvalue weighted by atomic mass is 10.2. The third-order valence-corrected chi connectivity index (χ3v) is 7.42. The van der Waals surface area contributed by atoms with E-state index in [0.29, 0.717) is 32.0 Å². The fourth-order valence-electron chi connectivity index (χ4n) is 3.74. The standard InChI is InChI=1S/C24H29N5O2S/c1-18-4-8-21(9-5-18)17-32(30,31)29-14-12-28(13-15-29)24-16-23(25-20(3)26-24)27-22-10-6-19(2)7-11-22/h4-11,16H,12-15,17H2,1-3H3,(H,25,26,27). The normalized spacial score (nSPS) is 15.0. The minimum atomic E-state index is -3.35. The maximum Gasteiger partial charge on any atom is 0.218 e. The van der Waals surface area contributed by atoms with Gasteiger partial charge in [0.05, 0.1) is 5.75 Å². The van der Waals surface area contributed by atoms with Gasteiger partial charge in [-0.1, -0.05) is 47.5 Å². The summed E-state index contributed by atoms with van der Waals surface area (Å²) in [5.74, 6) is 2.24. The molecule has 0 bridgehead atoms. The van der Waals surface area contributed by atoms with Crippen molar-refractivity contribution in [1.82, 2.24) is 14.3 Å². The molecule has 0 amide bonds. The molecule has 0 atom stereocenters. The minimum absolute atomic E-state index is 0.0323. The summed E-state index contributed by atoms with van der Waals surface area (Å²) in [6.45, 7) is 7.98. The van der Waals surface area contributed by atoms with Crippen molar-refractivity contribution in [3.05, 3.63) is 77.1 Å². The zero-order valence-corrected chi connectivity index (χ0v) is 19.6. The van der Waals surface area contributed by atoms with Gasteiger partial charge in [-0.15, -0.1) is 0 Å². The first-order valence-electron chi connectivity index (χ1n) is 10.8. The van der Waals surface area contributed by atoms with E-state index in [2.05, 4.69) is 27.1 Å². The van der Waals surface area contributed by atoms with Crippen LogP contribution in [0.15, 0.2) is 54.6 Å². The summed E-state index contributed by atoms with van der Waals surface area (Å²) in [7, 11) is -3.35. The Bertz CT molecular complexity index is 1170. The van der Waals surface area contributed by atoms with Gasteiger partial charge in [0.15, 0.2) is 0 Å². The number of sulfonamides is 1. The zero-order valence-electron chi connectivity index (χ0n) is 18.7. The Morgan fingerprint density at radius 3 is 2.06 bits per heavy atom. The van der Waals surface area contributed by atoms with E-state index in [1.807, 2.05) is 68.4 Å². The third-order valence-electron chi connectivity index (χ3n) is 5.57. The van der Waals surface area contributed by atoms with E-state index in [4.69, 9.17) is 0 Å². The number of aryl methyl sites for hydroxylation is 3. The molecule has 1 fully saturated rings. The molecule has 8 heteroatoms. The number of benzene rings is 2. The van der Waals surface area contributed by atoms with Crippen molar-refractivity contribution < 1.29 is 8.42 Å². The first kappa shape index (κ1) is 22.2. The summed E-state index contributed by atoms with van der Waals surface area (Å²) < 4.78 is 27.4. The monoisotopic (exact) mass is 451 g/mol. The fraction of sp³-hybridized carbons (Fsp3) is 0.333. The highest BCUT2D eigenvalue weighted by Gasteiger charge is 2.28. The summed E-state index contributed by atoms with van der Waals surface area (Å²) in [4.78, 5) is 11.2. The van der Waals surface area contributed by atoms with Gasteiger partial charge >= 0.3 is 0 Å². The lowest BCUT2D eigenvalue weighted by Gasteiger charge is -2.34. The second kappa shape index (κ2) is 9.26. The highest BCUT2D eigenvalue weighted by atomic mass is 32.2. The second-order valence-electron chi connectivity index (χ2n) is 8.28. The van der Waals surface area contributed by atoms with Gasteiger partial charge in [0.2, 0.25) is 10.0 Å².